The van der Waals surface area contributed by atoms with E-state index in [1.165, 1.54) is 11.1 Å². The molecule has 1 N–H and O–H groups in total. The SMILES string of the molecule is Cc1cc(-c2cccc(-c3nc4c(-c5ccccc5O)cccc4n3-c3ccc(C(C)(C)C)cc3)c2)c2ncccc2c1. The summed E-state index contributed by atoms with van der Waals surface area (Å²) in [6.45, 7) is 8.82. The third kappa shape index (κ3) is 4.75. The van der Waals surface area contributed by atoms with Gasteiger partial charge in [-0.1, -0.05) is 87.5 Å². The Hall–Kier alpha value is -5.22. The van der Waals surface area contributed by atoms with E-state index in [0.717, 1.165) is 61.3 Å². The number of para-hydroxylation sites is 2. The van der Waals surface area contributed by atoms with Gasteiger partial charge in [0.25, 0.3) is 0 Å². The Kier molecular flexibility index (Phi) is 6.36. The molecular formula is C39H33N3O. The van der Waals surface area contributed by atoms with Crippen molar-refractivity contribution in [1.82, 2.24) is 14.5 Å². The molecule has 2 heterocycles. The third-order valence-corrected chi connectivity index (χ3v) is 8.15. The van der Waals surface area contributed by atoms with Gasteiger partial charge < -0.3 is 5.11 Å². The van der Waals surface area contributed by atoms with Crippen molar-refractivity contribution >= 4 is 21.9 Å². The van der Waals surface area contributed by atoms with Crippen LogP contribution in [0.2, 0.25) is 0 Å². The minimum Gasteiger partial charge on any atom is -0.507 e. The predicted molar refractivity (Wildman–Crippen MR) is 178 cm³/mol. The fourth-order valence-corrected chi connectivity index (χ4v) is 5.97. The molecule has 0 aliphatic carbocycles. The van der Waals surface area contributed by atoms with E-state index in [0.29, 0.717) is 0 Å². The van der Waals surface area contributed by atoms with E-state index >= 15 is 0 Å². The lowest BCUT2D eigenvalue weighted by Crippen LogP contribution is -2.11. The zero-order valence-electron chi connectivity index (χ0n) is 24.8. The van der Waals surface area contributed by atoms with Crippen molar-refractivity contribution in [2.75, 3.05) is 0 Å². The standard InChI is InChI=1S/C39H33N3O/c1-25-22-27-12-9-21-40-36(27)33(23-25)26-10-7-11-28(24-26)38-41-37-32(31-13-5-6-16-35(31)43)14-8-15-34(37)42(38)30-19-17-29(18-20-30)39(2,3)4/h5-24,43H,1-4H3. The molecule has 0 spiro atoms. The molecule has 0 radical (unpaired) electrons. The number of rotatable bonds is 4. The fourth-order valence-electron chi connectivity index (χ4n) is 5.97. The van der Waals surface area contributed by atoms with Crippen LogP contribution in [-0.4, -0.2) is 19.6 Å². The number of phenolic OH excluding ortho intramolecular Hbond substituents is 1. The maximum absolute atomic E-state index is 10.8. The highest BCUT2D eigenvalue weighted by molar-refractivity contribution is 5.98. The first-order valence-electron chi connectivity index (χ1n) is 14.6. The Balaban J connectivity index is 1.48. The van der Waals surface area contributed by atoms with Gasteiger partial charge in [0.15, 0.2) is 0 Å². The van der Waals surface area contributed by atoms with E-state index < -0.39 is 0 Å². The van der Waals surface area contributed by atoms with Crippen LogP contribution >= 0.6 is 0 Å². The number of imidazole rings is 1. The van der Waals surface area contributed by atoms with Gasteiger partial charge in [-0.25, -0.2) is 4.98 Å². The Morgan fingerprint density at radius 1 is 0.651 bits per heavy atom. The zero-order chi connectivity index (χ0) is 29.7. The van der Waals surface area contributed by atoms with Crippen molar-refractivity contribution in [3.8, 4) is 45.1 Å². The van der Waals surface area contributed by atoms with Crippen LogP contribution in [0, 0.1) is 6.92 Å². The van der Waals surface area contributed by atoms with Gasteiger partial charge in [-0.15, -0.1) is 0 Å². The van der Waals surface area contributed by atoms with Gasteiger partial charge in [-0.3, -0.25) is 9.55 Å². The van der Waals surface area contributed by atoms with Crippen LogP contribution in [-0.2, 0) is 5.41 Å². The lowest BCUT2D eigenvalue weighted by Gasteiger charge is -2.20. The second-order valence-electron chi connectivity index (χ2n) is 12.2. The molecule has 4 heteroatoms. The van der Waals surface area contributed by atoms with Crippen molar-refractivity contribution in [3.05, 3.63) is 133 Å². The number of benzene rings is 5. The normalized spacial score (nSPS) is 11.8. The third-order valence-electron chi connectivity index (χ3n) is 8.15. The van der Waals surface area contributed by atoms with Gasteiger partial charge in [-0.2, -0.15) is 0 Å². The van der Waals surface area contributed by atoms with Crippen LogP contribution in [0.3, 0.4) is 0 Å². The van der Waals surface area contributed by atoms with Crippen LogP contribution in [0.4, 0.5) is 0 Å². The largest absolute Gasteiger partial charge is 0.507 e. The molecule has 2 aromatic heterocycles. The molecule has 43 heavy (non-hydrogen) atoms. The molecule has 210 valence electrons. The first kappa shape index (κ1) is 26.7. The lowest BCUT2D eigenvalue weighted by molar-refractivity contribution is 0.477. The molecule has 0 unspecified atom stereocenters. The molecule has 4 nitrogen and oxygen atoms in total. The number of hydrogen-bond acceptors (Lipinski definition) is 3. The lowest BCUT2D eigenvalue weighted by atomic mass is 9.87. The molecule has 0 aliphatic heterocycles. The van der Waals surface area contributed by atoms with E-state index in [4.69, 9.17) is 9.97 Å². The summed E-state index contributed by atoms with van der Waals surface area (Å²) in [6, 6.07) is 39.5. The molecule has 5 aromatic carbocycles. The summed E-state index contributed by atoms with van der Waals surface area (Å²) in [5.74, 6) is 1.08. The molecular weight excluding hydrogens is 526 g/mol. The molecule has 0 saturated carbocycles. The summed E-state index contributed by atoms with van der Waals surface area (Å²) in [6.07, 6.45) is 1.85. The number of nitrogens with zero attached hydrogens (tertiary/aromatic N) is 3. The highest BCUT2D eigenvalue weighted by atomic mass is 16.3. The fraction of sp³-hybridized carbons (Fsp3) is 0.128. The zero-order valence-corrected chi connectivity index (χ0v) is 24.8. The Morgan fingerprint density at radius 3 is 2.19 bits per heavy atom. The molecule has 0 saturated heterocycles. The number of fused-ring (bicyclic) bond motifs is 2. The van der Waals surface area contributed by atoms with Crippen LogP contribution < -0.4 is 0 Å². The van der Waals surface area contributed by atoms with E-state index in [9.17, 15) is 5.11 Å². The average Bonchev–Trinajstić information content (AvgIpc) is 3.41. The van der Waals surface area contributed by atoms with Gasteiger partial charge in [-0.05, 0) is 77.6 Å². The number of aryl methyl sites for hydroxylation is 1. The average molecular weight is 560 g/mol. The van der Waals surface area contributed by atoms with E-state index in [1.807, 2.05) is 42.6 Å². The van der Waals surface area contributed by atoms with Gasteiger partial charge in [0.2, 0.25) is 0 Å². The number of aromatic nitrogens is 3. The molecule has 7 rings (SSSR count). The second kappa shape index (κ2) is 10.2. The maximum atomic E-state index is 10.8. The van der Waals surface area contributed by atoms with Crippen LogP contribution in [0.25, 0.3) is 61.3 Å². The number of aromatic hydroxyl groups is 1. The first-order valence-corrected chi connectivity index (χ1v) is 14.6. The van der Waals surface area contributed by atoms with Crippen LogP contribution in [0.1, 0.15) is 31.9 Å². The molecule has 0 bridgehead atoms. The summed E-state index contributed by atoms with van der Waals surface area (Å²) in [7, 11) is 0. The molecule has 0 amide bonds. The quantitative estimate of drug-likeness (QED) is 0.233. The Labute approximate surface area is 252 Å². The summed E-state index contributed by atoms with van der Waals surface area (Å²) in [4.78, 5) is 10.0. The maximum Gasteiger partial charge on any atom is 0.145 e. The van der Waals surface area contributed by atoms with E-state index in [-0.39, 0.29) is 11.2 Å². The summed E-state index contributed by atoms with van der Waals surface area (Å²) in [5, 5.41) is 11.9. The van der Waals surface area contributed by atoms with Crippen molar-refractivity contribution in [2.24, 2.45) is 0 Å². The van der Waals surface area contributed by atoms with Gasteiger partial charge in [0.05, 0.1) is 16.6 Å². The second-order valence-corrected chi connectivity index (χ2v) is 12.2. The topological polar surface area (TPSA) is 50.9 Å². The van der Waals surface area contributed by atoms with E-state index in [2.05, 4.69) is 105 Å². The molecule has 0 fully saturated rings. The van der Waals surface area contributed by atoms with Crippen molar-refractivity contribution < 1.29 is 5.11 Å². The Morgan fingerprint density at radius 2 is 1.40 bits per heavy atom. The summed E-state index contributed by atoms with van der Waals surface area (Å²) < 4.78 is 2.23. The smallest absolute Gasteiger partial charge is 0.145 e. The van der Waals surface area contributed by atoms with Crippen LogP contribution in [0.5, 0.6) is 5.75 Å². The summed E-state index contributed by atoms with van der Waals surface area (Å²) in [5.41, 5.74) is 11.2. The van der Waals surface area contributed by atoms with Gasteiger partial charge >= 0.3 is 0 Å². The number of pyridine rings is 1. The number of hydrogen-bond donors (Lipinski definition) is 1. The minimum absolute atomic E-state index is 0.0509. The van der Waals surface area contributed by atoms with Gasteiger partial charge in [0.1, 0.15) is 11.6 Å². The van der Waals surface area contributed by atoms with Crippen molar-refractivity contribution in [1.29, 1.82) is 0 Å². The van der Waals surface area contributed by atoms with E-state index in [1.54, 1.807) is 6.07 Å². The summed E-state index contributed by atoms with van der Waals surface area (Å²) >= 11 is 0. The minimum atomic E-state index is 0.0509. The highest BCUT2D eigenvalue weighted by Crippen LogP contribution is 2.39. The predicted octanol–water partition coefficient (Wildman–Crippen LogP) is 9.89. The molecule has 0 atom stereocenters. The van der Waals surface area contributed by atoms with Crippen LogP contribution in [0.15, 0.2) is 121 Å². The Bertz CT molecular complexity index is 2130. The first-order chi connectivity index (χ1) is 20.8. The van der Waals surface area contributed by atoms with Crippen molar-refractivity contribution in [2.45, 2.75) is 33.1 Å². The van der Waals surface area contributed by atoms with Gasteiger partial charge in [0, 0.05) is 39.5 Å². The highest BCUT2D eigenvalue weighted by Gasteiger charge is 2.20. The monoisotopic (exact) mass is 559 g/mol. The number of phenols is 1. The molecule has 7 aromatic rings. The molecule has 0 aliphatic rings. The van der Waals surface area contributed by atoms with Crippen molar-refractivity contribution in [3.63, 3.8) is 0 Å².